The third-order valence-electron chi connectivity index (χ3n) is 2.55. The van der Waals surface area contributed by atoms with E-state index in [1.807, 2.05) is 30.3 Å². The lowest BCUT2D eigenvalue weighted by atomic mass is 10.1. The molecule has 0 bridgehead atoms. The fourth-order valence-corrected chi connectivity index (χ4v) is 1.61. The number of hydrogen-bond donors (Lipinski definition) is 0. The predicted octanol–water partition coefficient (Wildman–Crippen LogP) is 2.74. The van der Waals surface area contributed by atoms with Crippen LogP contribution in [-0.2, 0) is 11.2 Å². The number of ether oxygens (including phenoxy) is 1. The first-order valence-corrected chi connectivity index (χ1v) is 5.28. The maximum absolute atomic E-state index is 11.9. The normalized spacial score (nSPS) is 14.6. The van der Waals surface area contributed by atoms with Crippen LogP contribution in [0.2, 0.25) is 0 Å². The number of carbonyl (C=O) groups is 1. The van der Waals surface area contributed by atoms with Crippen LogP contribution in [0, 0.1) is 0 Å². The van der Waals surface area contributed by atoms with Crippen LogP contribution in [-0.4, -0.2) is 12.4 Å². The minimum Gasteiger partial charge on any atom is -0.489 e. The number of ketones is 1. The lowest BCUT2D eigenvalue weighted by Crippen LogP contribution is -2.03. The summed E-state index contributed by atoms with van der Waals surface area (Å²) in [5.41, 5.74) is 1.95. The maximum atomic E-state index is 11.9. The molecule has 0 unspecified atom stereocenters. The van der Waals surface area contributed by atoms with Crippen molar-refractivity contribution in [3.8, 4) is 0 Å². The van der Waals surface area contributed by atoms with Gasteiger partial charge in [0.2, 0.25) is 5.78 Å². The zero-order chi connectivity index (χ0) is 10.7. The maximum Gasteiger partial charge on any atom is 0.227 e. The molecule has 0 spiro atoms. The number of Topliss-reactive ketones (excluding diaryl/α,β-unsaturated/α-hetero) is 1. The average Bonchev–Trinajstić information content (AvgIpc) is 2.82. The third-order valence-corrected chi connectivity index (χ3v) is 2.55. The largest absolute Gasteiger partial charge is 0.489 e. The number of hydrogen-bond acceptors (Lipinski definition) is 2. The van der Waals surface area contributed by atoms with Gasteiger partial charge in [-0.25, -0.2) is 0 Å². The summed E-state index contributed by atoms with van der Waals surface area (Å²) in [6.07, 6.45) is 3.69. The SMILES string of the molecule is CCc1ccc(C(=O)C2=CCCO2)cc1. The molecule has 2 nitrogen and oxygen atoms in total. The molecule has 1 aromatic carbocycles. The average molecular weight is 202 g/mol. The second-order valence-electron chi connectivity index (χ2n) is 3.59. The summed E-state index contributed by atoms with van der Waals surface area (Å²) in [4.78, 5) is 11.9. The molecule has 0 radical (unpaired) electrons. The number of allylic oxidation sites excluding steroid dienone is 1. The van der Waals surface area contributed by atoms with Gasteiger partial charge < -0.3 is 4.74 Å². The Labute approximate surface area is 89.6 Å². The lowest BCUT2D eigenvalue weighted by Gasteiger charge is -2.03. The molecule has 0 saturated carbocycles. The van der Waals surface area contributed by atoms with Crippen molar-refractivity contribution >= 4 is 5.78 Å². The molecule has 0 N–H and O–H groups in total. The molecule has 1 aliphatic rings. The number of benzene rings is 1. The quantitative estimate of drug-likeness (QED) is 0.704. The van der Waals surface area contributed by atoms with Gasteiger partial charge in [0.15, 0.2) is 5.76 Å². The summed E-state index contributed by atoms with van der Waals surface area (Å²) in [6, 6.07) is 7.71. The second kappa shape index (κ2) is 4.30. The molecule has 2 rings (SSSR count). The minimum absolute atomic E-state index is 0.00449. The summed E-state index contributed by atoms with van der Waals surface area (Å²) < 4.78 is 5.24. The highest BCUT2D eigenvalue weighted by molar-refractivity contribution is 6.07. The van der Waals surface area contributed by atoms with Gasteiger partial charge in [0.1, 0.15) is 0 Å². The van der Waals surface area contributed by atoms with Crippen LogP contribution in [0.3, 0.4) is 0 Å². The lowest BCUT2D eigenvalue weighted by molar-refractivity contribution is 0.0942. The topological polar surface area (TPSA) is 26.3 Å². The van der Waals surface area contributed by atoms with Gasteiger partial charge in [-0.05, 0) is 18.1 Å². The van der Waals surface area contributed by atoms with Crippen molar-refractivity contribution < 1.29 is 9.53 Å². The van der Waals surface area contributed by atoms with Crippen LogP contribution in [0.4, 0.5) is 0 Å². The summed E-state index contributed by atoms with van der Waals surface area (Å²) in [7, 11) is 0. The first-order chi connectivity index (χ1) is 7.31. The van der Waals surface area contributed by atoms with Crippen molar-refractivity contribution in [3.63, 3.8) is 0 Å². The van der Waals surface area contributed by atoms with Crippen LogP contribution in [0.5, 0.6) is 0 Å². The van der Waals surface area contributed by atoms with Gasteiger partial charge in [-0.2, -0.15) is 0 Å². The molecule has 0 fully saturated rings. The first-order valence-electron chi connectivity index (χ1n) is 5.28. The van der Waals surface area contributed by atoms with E-state index in [1.54, 1.807) is 0 Å². The molecule has 2 heteroatoms. The molecule has 0 aliphatic carbocycles. The molecular weight excluding hydrogens is 188 g/mol. The summed E-state index contributed by atoms with van der Waals surface area (Å²) in [5.74, 6) is 0.495. The van der Waals surface area contributed by atoms with Crippen molar-refractivity contribution in [1.29, 1.82) is 0 Å². The molecule has 0 saturated heterocycles. The van der Waals surface area contributed by atoms with E-state index in [1.165, 1.54) is 5.56 Å². The Morgan fingerprint density at radius 1 is 1.33 bits per heavy atom. The van der Waals surface area contributed by atoms with Crippen molar-refractivity contribution in [1.82, 2.24) is 0 Å². The van der Waals surface area contributed by atoms with Crippen molar-refractivity contribution in [2.24, 2.45) is 0 Å². The summed E-state index contributed by atoms with van der Waals surface area (Å²) >= 11 is 0. The number of carbonyl (C=O) groups excluding carboxylic acids is 1. The van der Waals surface area contributed by atoms with Gasteiger partial charge >= 0.3 is 0 Å². The predicted molar refractivity (Wildman–Crippen MR) is 58.8 cm³/mol. The van der Waals surface area contributed by atoms with E-state index in [0.29, 0.717) is 17.9 Å². The molecule has 0 atom stereocenters. The Hall–Kier alpha value is -1.57. The van der Waals surface area contributed by atoms with Crippen molar-refractivity contribution in [3.05, 3.63) is 47.2 Å². The fourth-order valence-electron chi connectivity index (χ4n) is 1.61. The fraction of sp³-hybridized carbons (Fsp3) is 0.308. The monoisotopic (exact) mass is 202 g/mol. The Balaban J connectivity index is 2.18. The van der Waals surface area contributed by atoms with E-state index < -0.39 is 0 Å². The Bertz CT molecular complexity index is 388. The molecular formula is C13H14O2. The van der Waals surface area contributed by atoms with Gasteiger partial charge in [-0.1, -0.05) is 31.2 Å². The molecule has 0 amide bonds. The zero-order valence-electron chi connectivity index (χ0n) is 8.82. The van der Waals surface area contributed by atoms with E-state index in [0.717, 1.165) is 12.8 Å². The summed E-state index contributed by atoms with van der Waals surface area (Å²) in [5, 5.41) is 0. The number of aryl methyl sites for hydroxylation is 1. The van der Waals surface area contributed by atoms with Gasteiger partial charge in [-0.3, -0.25) is 4.79 Å². The van der Waals surface area contributed by atoms with Crippen LogP contribution in [0.25, 0.3) is 0 Å². The van der Waals surface area contributed by atoms with Crippen LogP contribution in [0.1, 0.15) is 29.3 Å². The first kappa shape index (κ1) is 9.97. The van der Waals surface area contributed by atoms with Crippen LogP contribution < -0.4 is 0 Å². The highest BCUT2D eigenvalue weighted by atomic mass is 16.5. The van der Waals surface area contributed by atoms with Crippen molar-refractivity contribution in [2.75, 3.05) is 6.61 Å². The Morgan fingerprint density at radius 2 is 2.07 bits per heavy atom. The van der Waals surface area contributed by atoms with E-state index in [4.69, 9.17) is 4.74 Å². The Kier molecular flexibility index (Phi) is 2.86. The zero-order valence-corrected chi connectivity index (χ0v) is 8.82. The van der Waals surface area contributed by atoms with Crippen LogP contribution in [0.15, 0.2) is 36.1 Å². The van der Waals surface area contributed by atoms with Gasteiger partial charge in [0, 0.05) is 12.0 Å². The highest BCUT2D eigenvalue weighted by Crippen LogP contribution is 2.16. The molecule has 15 heavy (non-hydrogen) atoms. The number of rotatable bonds is 3. The van der Waals surface area contributed by atoms with E-state index in [2.05, 4.69) is 6.92 Å². The van der Waals surface area contributed by atoms with E-state index in [-0.39, 0.29) is 5.78 Å². The van der Waals surface area contributed by atoms with E-state index >= 15 is 0 Å². The van der Waals surface area contributed by atoms with Crippen molar-refractivity contribution in [2.45, 2.75) is 19.8 Å². The molecule has 78 valence electrons. The summed E-state index contributed by atoms with van der Waals surface area (Å²) in [6.45, 7) is 2.73. The van der Waals surface area contributed by atoms with Gasteiger partial charge in [0.05, 0.1) is 6.61 Å². The highest BCUT2D eigenvalue weighted by Gasteiger charge is 2.16. The molecule has 1 aromatic rings. The molecule has 1 aliphatic heterocycles. The van der Waals surface area contributed by atoms with Crippen LogP contribution >= 0.6 is 0 Å². The van der Waals surface area contributed by atoms with E-state index in [9.17, 15) is 4.79 Å². The molecule has 1 heterocycles. The Morgan fingerprint density at radius 3 is 2.60 bits per heavy atom. The minimum atomic E-state index is -0.00449. The van der Waals surface area contributed by atoms with Gasteiger partial charge in [-0.15, -0.1) is 0 Å². The standard InChI is InChI=1S/C13H14O2/c1-2-10-5-7-11(8-6-10)13(14)12-4-3-9-15-12/h4-8H,2-3,9H2,1H3. The second-order valence-corrected chi connectivity index (χ2v) is 3.59. The molecule has 0 aromatic heterocycles. The smallest absolute Gasteiger partial charge is 0.227 e. The van der Waals surface area contributed by atoms with Gasteiger partial charge in [0.25, 0.3) is 0 Å². The third kappa shape index (κ3) is 2.09.